The SMILES string of the molecule is CCc1nc2cc(NC3CCC(N)C3)ccc2o1. The van der Waals surface area contributed by atoms with E-state index in [2.05, 4.69) is 22.4 Å². The molecular formula is C14H19N3O. The van der Waals surface area contributed by atoms with Crippen molar-refractivity contribution in [1.29, 1.82) is 0 Å². The van der Waals surface area contributed by atoms with Crippen LogP contribution < -0.4 is 11.1 Å². The molecule has 1 aromatic heterocycles. The third kappa shape index (κ3) is 2.20. The summed E-state index contributed by atoms with van der Waals surface area (Å²) in [6, 6.07) is 6.94. The number of oxazole rings is 1. The summed E-state index contributed by atoms with van der Waals surface area (Å²) in [6.45, 7) is 2.05. The van der Waals surface area contributed by atoms with Crippen molar-refractivity contribution in [3.8, 4) is 0 Å². The van der Waals surface area contributed by atoms with Gasteiger partial charge in [0.25, 0.3) is 0 Å². The predicted octanol–water partition coefficient (Wildman–Crippen LogP) is 2.68. The Labute approximate surface area is 107 Å². The van der Waals surface area contributed by atoms with Crippen molar-refractivity contribution in [3.05, 3.63) is 24.1 Å². The van der Waals surface area contributed by atoms with E-state index < -0.39 is 0 Å². The van der Waals surface area contributed by atoms with E-state index in [1.807, 2.05) is 13.0 Å². The number of rotatable bonds is 3. The lowest BCUT2D eigenvalue weighted by molar-refractivity contribution is 0.538. The van der Waals surface area contributed by atoms with Gasteiger partial charge in [-0.1, -0.05) is 6.92 Å². The second-order valence-corrected chi connectivity index (χ2v) is 5.06. The van der Waals surface area contributed by atoms with E-state index in [9.17, 15) is 0 Å². The summed E-state index contributed by atoms with van der Waals surface area (Å²) in [7, 11) is 0. The van der Waals surface area contributed by atoms with Gasteiger partial charge in [0.1, 0.15) is 5.52 Å². The second kappa shape index (κ2) is 4.61. The Bertz CT molecular complexity index is 549. The minimum atomic E-state index is 0.352. The topological polar surface area (TPSA) is 64.1 Å². The van der Waals surface area contributed by atoms with Gasteiger partial charge in [-0.2, -0.15) is 0 Å². The van der Waals surface area contributed by atoms with Crippen LogP contribution >= 0.6 is 0 Å². The third-order valence-electron chi connectivity index (χ3n) is 3.58. The molecule has 2 unspecified atom stereocenters. The molecule has 0 saturated heterocycles. The van der Waals surface area contributed by atoms with Gasteiger partial charge >= 0.3 is 0 Å². The van der Waals surface area contributed by atoms with Crippen molar-refractivity contribution in [2.45, 2.75) is 44.7 Å². The van der Waals surface area contributed by atoms with Crippen LogP contribution in [0.1, 0.15) is 32.1 Å². The summed E-state index contributed by atoms with van der Waals surface area (Å²) in [6.07, 6.45) is 4.15. The Morgan fingerprint density at radius 1 is 1.44 bits per heavy atom. The highest BCUT2D eigenvalue weighted by Crippen LogP contribution is 2.25. The maximum absolute atomic E-state index is 5.92. The molecule has 1 heterocycles. The van der Waals surface area contributed by atoms with Crippen LogP contribution in [0.3, 0.4) is 0 Å². The highest BCUT2D eigenvalue weighted by molar-refractivity contribution is 5.77. The van der Waals surface area contributed by atoms with Gasteiger partial charge in [0.15, 0.2) is 11.5 Å². The van der Waals surface area contributed by atoms with Gasteiger partial charge in [-0.3, -0.25) is 0 Å². The second-order valence-electron chi connectivity index (χ2n) is 5.06. The molecule has 1 aliphatic carbocycles. The first kappa shape index (κ1) is 11.5. The zero-order chi connectivity index (χ0) is 12.5. The summed E-state index contributed by atoms with van der Waals surface area (Å²) in [4.78, 5) is 4.45. The molecule has 4 heteroatoms. The van der Waals surface area contributed by atoms with Gasteiger partial charge < -0.3 is 15.5 Å². The largest absolute Gasteiger partial charge is 0.441 e. The Kier molecular flexibility index (Phi) is 2.96. The van der Waals surface area contributed by atoms with Gasteiger partial charge in [0, 0.05) is 24.2 Å². The van der Waals surface area contributed by atoms with Crippen molar-refractivity contribution in [3.63, 3.8) is 0 Å². The van der Waals surface area contributed by atoms with Crippen molar-refractivity contribution in [2.75, 3.05) is 5.32 Å². The zero-order valence-electron chi connectivity index (χ0n) is 10.6. The van der Waals surface area contributed by atoms with E-state index >= 15 is 0 Å². The van der Waals surface area contributed by atoms with Gasteiger partial charge in [-0.25, -0.2) is 4.98 Å². The smallest absolute Gasteiger partial charge is 0.195 e. The zero-order valence-corrected chi connectivity index (χ0v) is 10.6. The highest BCUT2D eigenvalue weighted by Gasteiger charge is 2.21. The number of nitrogens with zero attached hydrogens (tertiary/aromatic N) is 1. The van der Waals surface area contributed by atoms with Crippen LogP contribution in [0.2, 0.25) is 0 Å². The molecule has 4 nitrogen and oxygen atoms in total. The third-order valence-corrected chi connectivity index (χ3v) is 3.58. The summed E-state index contributed by atoms with van der Waals surface area (Å²) in [5.41, 5.74) is 8.82. The number of benzene rings is 1. The number of aromatic nitrogens is 1. The summed E-state index contributed by atoms with van der Waals surface area (Å²) in [5.74, 6) is 0.796. The van der Waals surface area contributed by atoms with Crippen molar-refractivity contribution >= 4 is 16.8 Å². The van der Waals surface area contributed by atoms with Crippen molar-refractivity contribution in [2.24, 2.45) is 5.73 Å². The van der Waals surface area contributed by atoms with Crippen LogP contribution in [0.4, 0.5) is 5.69 Å². The first-order valence-electron chi connectivity index (χ1n) is 6.66. The minimum absolute atomic E-state index is 0.352. The van der Waals surface area contributed by atoms with Crippen LogP contribution in [0, 0.1) is 0 Å². The molecule has 0 amide bonds. The molecule has 0 radical (unpaired) electrons. The average Bonchev–Trinajstić information content (AvgIpc) is 2.94. The average molecular weight is 245 g/mol. The number of hydrogen-bond donors (Lipinski definition) is 2. The Hall–Kier alpha value is -1.55. The van der Waals surface area contributed by atoms with Gasteiger partial charge in [-0.15, -0.1) is 0 Å². The molecule has 18 heavy (non-hydrogen) atoms. The normalized spacial score (nSPS) is 23.7. The lowest BCUT2D eigenvalue weighted by atomic mass is 10.2. The van der Waals surface area contributed by atoms with Crippen LogP contribution in [0.25, 0.3) is 11.1 Å². The molecule has 0 aliphatic heterocycles. The number of anilines is 1. The Morgan fingerprint density at radius 3 is 3.06 bits per heavy atom. The van der Waals surface area contributed by atoms with Crippen molar-refractivity contribution < 1.29 is 4.42 Å². The molecule has 2 atom stereocenters. The summed E-state index contributed by atoms with van der Waals surface area (Å²) < 4.78 is 5.60. The monoisotopic (exact) mass is 245 g/mol. The first-order valence-corrected chi connectivity index (χ1v) is 6.66. The van der Waals surface area contributed by atoms with E-state index in [0.29, 0.717) is 12.1 Å². The number of nitrogens with one attached hydrogen (secondary N) is 1. The van der Waals surface area contributed by atoms with Crippen LogP contribution in [-0.2, 0) is 6.42 Å². The number of nitrogens with two attached hydrogens (primary N) is 1. The van der Waals surface area contributed by atoms with E-state index in [-0.39, 0.29) is 0 Å². The molecule has 1 fully saturated rings. The summed E-state index contributed by atoms with van der Waals surface area (Å²) >= 11 is 0. The van der Waals surface area contributed by atoms with Gasteiger partial charge in [0.05, 0.1) is 0 Å². The highest BCUT2D eigenvalue weighted by atomic mass is 16.3. The molecule has 1 saturated carbocycles. The standard InChI is InChI=1S/C14H19N3O/c1-2-14-17-12-8-11(5-6-13(12)18-14)16-10-4-3-9(15)7-10/h5-6,8-10,16H,2-4,7,15H2,1H3. The fourth-order valence-corrected chi connectivity index (χ4v) is 2.60. The van der Waals surface area contributed by atoms with Gasteiger partial charge in [-0.05, 0) is 37.5 Å². The van der Waals surface area contributed by atoms with E-state index in [1.165, 1.54) is 0 Å². The molecule has 1 aliphatic rings. The number of fused-ring (bicyclic) bond motifs is 1. The van der Waals surface area contributed by atoms with Crippen molar-refractivity contribution in [1.82, 2.24) is 4.98 Å². The molecule has 2 aromatic rings. The van der Waals surface area contributed by atoms with E-state index in [0.717, 1.165) is 48.4 Å². The fourth-order valence-electron chi connectivity index (χ4n) is 2.60. The molecule has 96 valence electrons. The van der Waals surface area contributed by atoms with E-state index in [4.69, 9.17) is 10.2 Å². The number of hydrogen-bond acceptors (Lipinski definition) is 4. The molecule has 0 spiro atoms. The summed E-state index contributed by atoms with van der Waals surface area (Å²) in [5, 5.41) is 3.53. The lowest BCUT2D eigenvalue weighted by Gasteiger charge is -2.13. The first-order chi connectivity index (χ1) is 8.74. The molecule has 3 N–H and O–H groups in total. The number of aryl methyl sites for hydroxylation is 1. The molecular weight excluding hydrogens is 226 g/mol. The predicted molar refractivity (Wildman–Crippen MR) is 72.6 cm³/mol. The van der Waals surface area contributed by atoms with Crippen LogP contribution in [0.15, 0.2) is 22.6 Å². The van der Waals surface area contributed by atoms with E-state index in [1.54, 1.807) is 0 Å². The molecule has 0 bridgehead atoms. The minimum Gasteiger partial charge on any atom is -0.441 e. The molecule has 3 rings (SSSR count). The quantitative estimate of drug-likeness (QED) is 0.872. The maximum Gasteiger partial charge on any atom is 0.195 e. The van der Waals surface area contributed by atoms with Crippen LogP contribution in [-0.4, -0.2) is 17.1 Å². The Morgan fingerprint density at radius 2 is 2.33 bits per heavy atom. The van der Waals surface area contributed by atoms with Crippen LogP contribution in [0.5, 0.6) is 0 Å². The fraction of sp³-hybridized carbons (Fsp3) is 0.500. The lowest BCUT2D eigenvalue weighted by Crippen LogP contribution is -2.20. The maximum atomic E-state index is 5.92. The molecule has 1 aromatic carbocycles. The van der Waals surface area contributed by atoms with Gasteiger partial charge in [0.2, 0.25) is 0 Å². The Balaban J connectivity index is 1.80.